The zero-order valence-corrected chi connectivity index (χ0v) is 14.8. The Morgan fingerprint density at radius 3 is 2.54 bits per heavy atom. The second kappa shape index (κ2) is 7.08. The third-order valence-corrected chi connectivity index (χ3v) is 6.58. The van der Waals surface area contributed by atoms with Crippen LogP contribution in [0.5, 0.6) is 0 Å². The minimum Gasteiger partial charge on any atom is -0.481 e. The second-order valence-electron chi connectivity index (χ2n) is 5.67. The van der Waals surface area contributed by atoms with Crippen molar-refractivity contribution in [1.29, 1.82) is 0 Å². The average molecular weight is 376 g/mol. The monoisotopic (exact) mass is 375 g/mol. The Morgan fingerprint density at radius 2 is 2.00 bits per heavy atom. The van der Waals surface area contributed by atoms with Crippen LogP contribution >= 0.6 is 11.6 Å². The molecule has 0 radical (unpaired) electrons. The summed E-state index contributed by atoms with van der Waals surface area (Å²) < 4.78 is 31.5. The van der Waals surface area contributed by atoms with Crippen LogP contribution in [0.1, 0.15) is 30.1 Å². The van der Waals surface area contributed by atoms with Gasteiger partial charge < -0.3 is 9.84 Å². The molecule has 1 fully saturated rings. The van der Waals surface area contributed by atoms with Crippen LogP contribution in [0.25, 0.3) is 0 Å². The highest BCUT2D eigenvalue weighted by atomic mass is 35.5. The normalized spacial score (nSPS) is 22.1. The van der Waals surface area contributed by atoms with Gasteiger partial charge in [-0.25, -0.2) is 13.2 Å². The maximum Gasteiger partial charge on any atom is 0.337 e. The molecule has 1 aliphatic heterocycles. The first-order valence-electron chi connectivity index (χ1n) is 7.31. The number of carbonyl (C=O) groups is 2. The van der Waals surface area contributed by atoms with Gasteiger partial charge in [-0.15, -0.1) is 0 Å². The van der Waals surface area contributed by atoms with E-state index in [0.29, 0.717) is 12.8 Å². The summed E-state index contributed by atoms with van der Waals surface area (Å²) >= 11 is 6.05. The number of hydrogen-bond acceptors (Lipinski definition) is 5. The van der Waals surface area contributed by atoms with Crippen molar-refractivity contribution in [3.63, 3.8) is 0 Å². The number of sulfonamides is 1. The van der Waals surface area contributed by atoms with E-state index in [9.17, 15) is 18.0 Å². The van der Waals surface area contributed by atoms with Gasteiger partial charge in [0.25, 0.3) is 0 Å². The Hall–Kier alpha value is -1.64. The standard InChI is InChI=1S/C15H18ClNO6S/c1-9-3-4-11(14(18)19)8-17(9)24(21,22)13-6-5-10(7-12(13)16)15(20)23-2/h5-7,9,11H,3-4,8H2,1-2H3,(H,18,19). The van der Waals surface area contributed by atoms with Crippen LogP contribution < -0.4 is 0 Å². The van der Waals surface area contributed by atoms with Crippen molar-refractivity contribution >= 4 is 33.6 Å². The molecular formula is C15H18ClNO6S. The summed E-state index contributed by atoms with van der Waals surface area (Å²) in [6, 6.07) is 3.44. The van der Waals surface area contributed by atoms with E-state index >= 15 is 0 Å². The number of carboxylic acids is 1. The van der Waals surface area contributed by atoms with Gasteiger partial charge in [0.2, 0.25) is 10.0 Å². The summed E-state index contributed by atoms with van der Waals surface area (Å²) in [4.78, 5) is 22.5. The number of piperidine rings is 1. The maximum atomic E-state index is 12.9. The lowest BCUT2D eigenvalue weighted by Crippen LogP contribution is -2.47. The summed E-state index contributed by atoms with van der Waals surface area (Å²) in [6.07, 6.45) is 0.881. The Kier molecular flexibility index (Phi) is 5.52. The molecule has 2 atom stereocenters. The van der Waals surface area contributed by atoms with Crippen LogP contribution in [0.4, 0.5) is 0 Å². The lowest BCUT2D eigenvalue weighted by Gasteiger charge is -2.35. The molecule has 7 nitrogen and oxygen atoms in total. The van der Waals surface area contributed by atoms with Crippen molar-refractivity contribution in [2.75, 3.05) is 13.7 Å². The molecule has 0 spiro atoms. The van der Waals surface area contributed by atoms with Gasteiger partial charge in [-0.3, -0.25) is 4.79 Å². The fourth-order valence-corrected chi connectivity index (χ4v) is 4.92. The number of carboxylic acid groups (broad SMARTS) is 1. The van der Waals surface area contributed by atoms with Gasteiger partial charge in [-0.05, 0) is 38.0 Å². The Balaban J connectivity index is 2.39. The summed E-state index contributed by atoms with van der Waals surface area (Å²) in [5.74, 6) is -2.39. The molecule has 132 valence electrons. The maximum absolute atomic E-state index is 12.9. The van der Waals surface area contributed by atoms with Crippen LogP contribution in [0.2, 0.25) is 5.02 Å². The molecule has 0 amide bonds. The van der Waals surface area contributed by atoms with Gasteiger partial charge >= 0.3 is 11.9 Å². The molecule has 0 aromatic heterocycles. The molecule has 1 aromatic rings. The number of methoxy groups -OCH3 is 1. The first-order valence-corrected chi connectivity index (χ1v) is 9.12. The highest BCUT2D eigenvalue weighted by molar-refractivity contribution is 7.89. The number of hydrogen-bond donors (Lipinski definition) is 1. The van der Waals surface area contributed by atoms with E-state index in [1.54, 1.807) is 6.92 Å². The van der Waals surface area contributed by atoms with Gasteiger partial charge in [-0.2, -0.15) is 4.31 Å². The van der Waals surface area contributed by atoms with E-state index in [-0.39, 0.29) is 28.1 Å². The van der Waals surface area contributed by atoms with Crippen molar-refractivity contribution in [2.45, 2.75) is 30.7 Å². The van der Waals surface area contributed by atoms with E-state index in [0.717, 1.165) is 4.31 Å². The molecule has 1 heterocycles. The molecular weight excluding hydrogens is 358 g/mol. The molecule has 1 saturated heterocycles. The Labute approximate surface area is 145 Å². The highest BCUT2D eigenvalue weighted by Gasteiger charge is 2.38. The second-order valence-corrected chi connectivity index (χ2v) is 7.94. The predicted molar refractivity (Wildman–Crippen MR) is 86.5 cm³/mol. The molecule has 0 bridgehead atoms. The Morgan fingerprint density at radius 1 is 1.33 bits per heavy atom. The summed E-state index contributed by atoms with van der Waals surface area (Å²) in [7, 11) is -2.76. The molecule has 0 aliphatic carbocycles. The lowest BCUT2D eigenvalue weighted by atomic mass is 9.96. The molecule has 9 heteroatoms. The van der Waals surface area contributed by atoms with E-state index in [1.165, 1.54) is 25.3 Å². The van der Waals surface area contributed by atoms with Gasteiger partial charge in [0, 0.05) is 12.6 Å². The van der Waals surface area contributed by atoms with Crippen molar-refractivity contribution in [1.82, 2.24) is 4.31 Å². The molecule has 2 unspecified atom stereocenters. The molecule has 24 heavy (non-hydrogen) atoms. The van der Waals surface area contributed by atoms with Crippen molar-refractivity contribution in [3.8, 4) is 0 Å². The number of ether oxygens (including phenoxy) is 1. The number of rotatable bonds is 4. The number of nitrogens with zero attached hydrogens (tertiary/aromatic N) is 1. The van der Waals surface area contributed by atoms with E-state index < -0.39 is 27.9 Å². The topological polar surface area (TPSA) is 101 Å². The molecule has 2 rings (SSSR count). The summed E-state index contributed by atoms with van der Waals surface area (Å²) in [5, 5.41) is 9.05. The first-order chi connectivity index (χ1) is 11.2. The van der Waals surface area contributed by atoms with Gasteiger partial charge in [0.15, 0.2) is 0 Å². The van der Waals surface area contributed by atoms with Crippen LogP contribution in [-0.4, -0.2) is 49.5 Å². The summed E-state index contributed by atoms with van der Waals surface area (Å²) in [6.45, 7) is 1.63. The van der Waals surface area contributed by atoms with Gasteiger partial charge in [-0.1, -0.05) is 11.6 Å². The minimum atomic E-state index is -3.97. The van der Waals surface area contributed by atoms with Crippen LogP contribution in [0, 0.1) is 5.92 Å². The SMILES string of the molecule is COC(=O)c1ccc(S(=O)(=O)N2CC(C(=O)O)CCC2C)c(Cl)c1. The van der Waals surface area contributed by atoms with Gasteiger partial charge in [0.1, 0.15) is 4.90 Å². The minimum absolute atomic E-state index is 0.103. The zero-order chi connectivity index (χ0) is 18.1. The van der Waals surface area contributed by atoms with Gasteiger partial charge in [0.05, 0.1) is 23.6 Å². The number of carbonyl (C=O) groups excluding carboxylic acids is 1. The highest BCUT2D eigenvalue weighted by Crippen LogP contribution is 2.32. The number of halogens is 1. The third kappa shape index (κ3) is 3.55. The largest absolute Gasteiger partial charge is 0.481 e. The van der Waals surface area contributed by atoms with E-state index in [1.807, 2.05) is 0 Å². The van der Waals surface area contributed by atoms with Crippen molar-refractivity contribution in [3.05, 3.63) is 28.8 Å². The van der Waals surface area contributed by atoms with E-state index in [4.69, 9.17) is 16.7 Å². The van der Waals surface area contributed by atoms with Crippen LogP contribution in [0.3, 0.4) is 0 Å². The quantitative estimate of drug-likeness (QED) is 0.808. The third-order valence-electron chi connectivity index (χ3n) is 4.11. The molecule has 1 aliphatic rings. The zero-order valence-electron chi connectivity index (χ0n) is 13.2. The number of aliphatic carboxylic acids is 1. The van der Waals surface area contributed by atoms with Crippen molar-refractivity contribution < 1.29 is 27.9 Å². The molecule has 1 N–H and O–H groups in total. The fourth-order valence-electron chi connectivity index (χ4n) is 2.69. The number of esters is 1. The van der Waals surface area contributed by atoms with Crippen molar-refractivity contribution in [2.24, 2.45) is 5.92 Å². The average Bonchev–Trinajstić information content (AvgIpc) is 2.53. The Bertz CT molecular complexity index is 763. The smallest absolute Gasteiger partial charge is 0.337 e. The van der Waals surface area contributed by atoms with E-state index in [2.05, 4.69) is 4.74 Å². The number of benzene rings is 1. The molecule has 1 aromatic carbocycles. The predicted octanol–water partition coefficient (Wildman–Crippen LogP) is 2.00. The fraction of sp³-hybridized carbons (Fsp3) is 0.467. The summed E-state index contributed by atoms with van der Waals surface area (Å²) in [5.41, 5.74) is 0.136. The van der Waals surface area contributed by atoms with Crippen LogP contribution in [-0.2, 0) is 19.6 Å². The molecule has 0 saturated carbocycles. The van der Waals surface area contributed by atoms with Crippen LogP contribution in [0.15, 0.2) is 23.1 Å². The first kappa shape index (κ1) is 18.7. The lowest BCUT2D eigenvalue weighted by molar-refractivity contribution is -0.143.